The topological polar surface area (TPSA) is 92.7 Å². The second-order valence-corrected chi connectivity index (χ2v) is 6.19. The minimum absolute atomic E-state index is 0.0756. The summed E-state index contributed by atoms with van der Waals surface area (Å²) in [6.45, 7) is 1.75. The highest BCUT2D eigenvalue weighted by Crippen LogP contribution is 2.20. The number of carbonyl (C=O) groups is 1. The van der Waals surface area contributed by atoms with Crippen LogP contribution in [-0.2, 0) is 12.8 Å². The molecule has 4 rings (SSSR count). The first-order valence-corrected chi connectivity index (χ1v) is 8.28. The van der Waals surface area contributed by atoms with E-state index in [4.69, 9.17) is 0 Å². The van der Waals surface area contributed by atoms with Crippen molar-refractivity contribution in [3.8, 4) is 5.95 Å². The van der Waals surface area contributed by atoms with Crippen LogP contribution in [0.15, 0.2) is 35.1 Å². The minimum atomic E-state index is -0.614. The lowest BCUT2D eigenvalue weighted by Gasteiger charge is -2.09. The van der Waals surface area contributed by atoms with Gasteiger partial charge in [-0.3, -0.25) is 14.6 Å². The summed E-state index contributed by atoms with van der Waals surface area (Å²) in [6, 6.07) is 7.34. The molecule has 0 radical (unpaired) electrons. The molecule has 0 fully saturated rings. The molecular weight excluding hydrogens is 337 g/mol. The van der Waals surface area contributed by atoms with Crippen LogP contribution >= 0.6 is 0 Å². The van der Waals surface area contributed by atoms with Gasteiger partial charge < -0.3 is 5.32 Å². The Balaban J connectivity index is 1.72. The highest BCUT2D eigenvalue weighted by atomic mass is 19.1. The van der Waals surface area contributed by atoms with Gasteiger partial charge in [0.1, 0.15) is 11.6 Å². The Bertz CT molecular complexity index is 1070. The molecule has 1 aromatic carbocycles. The van der Waals surface area contributed by atoms with Crippen molar-refractivity contribution in [1.29, 1.82) is 0 Å². The zero-order valence-corrected chi connectivity index (χ0v) is 14.0. The molecule has 8 heteroatoms. The van der Waals surface area contributed by atoms with Gasteiger partial charge in [-0.1, -0.05) is 12.1 Å². The van der Waals surface area contributed by atoms with Crippen LogP contribution in [0.2, 0.25) is 0 Å². The lowest BCUT2D eigenvalue weighted by atomic mass is 10.2. The van der Waals surface area contributed by atoms with E-state index in [1.54, 1.807) is 19.1 Å². The molecule has 2 heterocycles. The van der Waals surface area contributed by atoms with Gasteiger partial charge in [-0.2, -0.15) is 9.78 Å². The van der Waals surface area contributed by atoms with Crippen molar-refractivity contribution in [2.24, 2.45) is 0 Å². The highest BCUT2D eigenvalue weighted by molar-refractivity contribution is 6.04. The number of anilines is 1. The second kappa shape index (κ2) is 6.21. The first kappa shape index (κ1) is 16.2. The number of rotatable bonds is 3. The van der Waals surface area contributed by atoms with Crippen molar-refractivity contribution in [2.75, 3.05) is 5.32 Å². The summed E-state index contributed by atoms with van der Waals surface area (Å²) >= 11 is 0. The molecule has 132 valence electrons. The van der Waals surface area contributed by atoms with Crippen molar-refractivity contribution in [3.63, 3.8) is 0 Å². The van der Waals surface area contributed by atoms with Gasteiger partial charge in [-0.15, -0.1) is 0 Å². The number of fused-ring (bicyclic) bond motifs is 1. The molecule has 3 aromatic rings. The summed E-state index contributed by atoms with van der Waals surface area (Å²) in [7, 11) is 0. The molecular formula is C18H16FN5O2. The molecule has 0 spiro atoms. The maximum atomic E-state index is 13.8. The first-order chi connectivity index (χ1) is 12.5. The van der Waals surface area contributed by atoms with Gasteiger partial charge in [0.15, 0.2) is 0 Å². The van der Waals surface area contributed by atoms with E-state index in [2.05, 4.69) is 20.4 Å². The SMILES string of the molecule is Cc1cc(NC(=O)c2ccccc2F)n(-c2nc3c(c(=O)[nH]2)CCC3)n1. The molecule has 0 unspecified atom stereocenters. The first-order valence-electron chi connectivity index (χ1n) is 8.28. The monoisotopic (exact) mass is 353 g/mol. The fourth-order valence-corrected chi connectivity index (χ4v) is 3.11. The van der Waals surface area contributed by atoms with E-state index < -0.39 is 11.7 Å². The number of nitrogens with one attached hydrogen (secondary N) is 2. The summed E-state index contributed by atoms with van der Waals surface area (Å²) < 4.78 is 15.2. The fraction of sp³-hybridized carbons (Fsp3) is 0.222. The highest BCUT2D eigenvalue weighted by Gasteiger charge is 2.20. The Kier molecular flexibility index (Phi) is 3.87. The molecule has 2 aromatic heterocycles. The predicted octanol–water partition coefficient (Wildman–Crippen LogP) is 2.14. The van der Waals surface area contributed by atoms with Gasteiger partial charge in [0.2, 0.25) is 5.95 Å². The lowest BCUT2D eigenvalue weighted by Crippen LogP contribution is -2.21. The summed E-state index contributed by atoms with van der Waals surface area (Å²) in [4.78, 5) is 31.8. The van der Waals surface area contributed by atoms with Crippen LogP contribution in [0.3, 0.4) is 0 Å². The van der Waals surface area contributed by atoms with Crippen LogP contribution in [-0.4, -0.2) is 25.7 Å². The number of amides is 1. The van der Waals surface area contributed by atoms with E-state index in [0.717, 1.165) is 18.5 Å². The van der Waals surface area contributed by atoms with Gasteiger partial charge in [0, 0.05) is 11.6 Å². The number of H-pyrrole nitrogens is 1. The normalized spacial score (nSPS) is 12.8. The van der Waals surface area contributed by atoms with Crippen LogP contribution in [0.4, 0.5) is 10.2 Å². The molecule has 1 amide bonds. The maximum absolute atomic E-state index is 13.8. The van der Waals surface area contributed by atoms with Crippen LogP contribution in [0, 0.1) is 12.7 Å². The van der Waals surface area contributed by atoms with Crippen LogP contribution in [0.25, 0.3) is 5.95 Å². The van der Waals surface area contributed by atoms with Crippen molar-refractivity contribution in [1.82, 2.24) is 19.7 Å². The average Bonchev–Trinajstić information content (AvgIpc) is 3.22. The van der Waals surface area contributed by atoms with Crippen molar-refractivity contribution in [3.05, 3.63) is 69.0 Å². The van der Waals surface area contributed by atoms with Gasteiger partial charge >= 0.3 is 0 Å². The van der Waals surface area contributed by atoms with E-state index in [1.807, 2.05) is 0 Å². The molecule has 0 bridgehead atoms. The van der Waals surface area contributed by atoms with Crippen LogP contribution in [0.5, 0.6) is 0 Å². The number of nitrogens with zero attached hydrogens (tertiary/aromatic N) is 3. The molecule has 1 aliphatic rings. The zero-order valence-electron chi connectivity index (χ0n) is 14.0. The number of hydrogen-bond acceptors (Lipinski definition) is 4. The molecule has 0 saturated carbocycles. The molecule has 2 N–H and O–H groups in total. The number of aromatic amines is 1. The summed E-state index contributed by atoms with van der Waals surface area (Å²) in [6.07, 6.45) is 2.35. The van der Waals surface area contributed by atoms with Crippen molar-refractivity contribution >= 4 is 11.7 Å². The Hall–Kier alpha value is -3.29. The number of halogens is 1. The predicted molar refractivity (Wildman–Crippen MR) is 93.1 cm³/mol. The van der Waals surface area contributed by atoms with Gasteiger partial charge in [0.05, 0.1) is 17.0 Å². The summed E-state index contributed by atoms with van der Waals surface area (Å²) in [5.41, 5.74) is 1.81. The fourth-order valence-electron chi connectivity index (χ4n) is 3.11. The number of hydrogen-bond donors (Lipinski definition) is 2. The Morgan fingerprint density at radius 1 is 1.31 bits per heavy atom. The smallest absolute Gasteiger partial charge is 0.259 e. The Labute approximate surface area is 147 Å². The number of aryl methyl sites for hydroxylation is 2. The van der Waals surface area contributed by atoms with Crippen LogP contribution in [0.1, 0.15) is 33.7 Å². The maximum Gasteiger partial charge on any atom is 0.259 e. The Morgan fingerprint density at radius 2 is 2.12 bits per heavy atom. The van der Waals surface area contributed by atoms with E-state index >= 15 is 0 Å². The van der Waals surface area contributed by atoms with Crippen molar-refractivity contribution < 1.29 is 9.18 Å². The summed E-state index contributed by atoms with van der Waals surface area (Å²) in [5.74, 6) is -0.686. The molecule has 26 heavy (non-hydrogen) atoms. The van der Waals surface area contributed by atoms with E-state index in [1.165, 1.54) is 22.9 Å². The molecule has 1 aliphatic carbocycles. The van der Waals surface area contributed by atoms with E-state index in [0.29, 0.717) is 23.5 Å². The molecule has 0 saturated heterocycles. The Morgan fingerprint density at radius 3 is 2.92 bits per heavy atom. The number of benzene rings is 1. The molecule has 0 atom stereocenters. The molecule has 0 aliphatic heterocycles. The van der Waals surface area contributed by atoms with E-state index in [9.17, 15) is 14.0 Å². The van der Waals surface area contributed by atoms with Gasteiger partial charge in [-0.25, -0.2) is 9.37 Å². The van der Waals surface area contributed by atoms with Gasteiger partial charge in [-0.05, 0) is 38.3 Å². The third kappa shape index (κ3) is 2.79. The van der Waals surface area contributed by atoms with Crippen LogP contribution < -0.4 is 10.9 Å². The van der Waals surface area contributed by atoms with Crippen molar-refractivity contribution in [2.45, 2.75) is 26.2 Å². The average molecular weight is 353 g/mol. The largest absolute Gasteiger partial charge is 0.306 e. The zero-order chi connectivity index (χ0) is 18.3. The quantitative estimate of drug-likeness (QED) is 0.754. The third-order valence-corrected chi connectivity index (χ3v) is 4.32. The third-order valence-electron chi connectivity index (χ3n) is 4.32. The lowest BCUT2D eigenvalue weighted by molar-refractivity contribution is 0.102. The number of carbonyl (C=O) groups excluding carboxylic acids is 1. The number of aromatic nitrogens is 4. The summed E-state index contributed by atoms with van der Waals surface area (Å²) in [5, 5.41) is 6.93. The van der Waals surface area contributed by atoms with Gasteiger partial charge in [0.25, 0.3) is 11.5 Å². The van der Waals surface area contributed by atoms with E-state index in [-0.39, 0.29) is 17.1 Å². The minimum Gasteiger partial charge on any atom is -0.306 e. The standard InChI is InChI=1S/C18H16FN5O2/c1-10-9-15(21-16(25)11-5-2-3-7-13(11)19)24(23-10)18-20-14-8-4-6-12(14)17(26)22-18/h2-3,5,7,9H,4,6,8H2,1H3,(H,21,25)(H,20,22,26). The second-order valence-electron chi connectivity index (χ2n) is 6.19. The molecule has 7 nitrogen and oxygen atoms in total.